The van der Waals surface area contributed by atoms with E-state index >= 15 is 0 Å². The molecule has 0 saturated heterocycles. The molecule has 1 atom stereocenters. The van der Waals surface area contributed by atoms with E-state index in [0.717, 1.165) is 19.3 Å². The van der Waals surface area contributed by atoms with Crippen LogP contribution in [-0.2, 0) is 35.8 Å². The van der Waals surface area contributed by atoms with Gasteiger partial charge in [0.15, 0.2) is 5.78 Å². The molecule has 0 amide bonds. The molecule has 0 aliphatic carbocycles. The molecule has 0 radical (unpaired) electrons. The van der Waals surface area contributed by atoms with Crippen LogP contribution in [0.5, 0.6) is 0 Å². The minimum Gasteiger partial charge on any atom is -0.481 e. The third-order valence-electron chi connectivity index (χ3n) is 3.58. The van der Waals surface area contributed by atoms with Crippen molar-refractivity contribution in [2.75, 3.05) is 0 Å². The maximum atomic E-state index is 12.2. The van der Waals surface area contributed by atoms with Crippen LogP contribution in [0.4, 0.5) is 0 Å². The summed E-state index contributed by atoms with van der Waals surface area (Å²) < 4.78 is 0. The Bertz CT molecular complexity index is 226. The van der Waals surface area contributed by atoms with E-state index in [1.54, 1.807) is 6.92 Å². The van der Waals surface area contributed by atoms with Crippen molar-refractivity contribution in [2.45, 2.75) is 53.4 Å². The van der Waals surface area contributed by atoms with Gasteiger partial charge in [0.2, 0.25) is 0 Å². The standard InChI is InChI=1S/C12H22O3.Zr/c1-5-9(11(14)15)10(13)12(6-2,7-3)8-4;/h9H,5-8H2,1-4H3,(H,14,15);. The zero-order valence-corrected chi connectivity index (χ0v) is 13.1. The van der Waals surface area contributed by atoms with E-state index in [0.29, 0.717) is 6.42 Å². The average Bonchev–Trinajstić information content (AvgIpc) is 2.22. The Kier molecular flexibility index (Phi) is 9.38. The van der Waals surface area contributed by atoms with Gasteiger partial charge < -0.3 is 5.11 Å². The number of rotatable bonds is 7. The van der Waals surface area contributed by atoms with Gasteiger partial charge in [-0.2, -0.15) is 0 Å². The zero-order chi connectivity index (χ0) is 12.1. The van der Waals surface area contributed by atoms with Crippen molar-refractivity contribution in [3.05, 3.63) is 0 Å². The van der Waals surface area contributed by atoms with Crippen LogP contribution in [0.1, 0.15) is 53.4 Å². The molecule has 4 heteroatoms. The Balaban J connectivity index is 0. The number of hydrogen-bond acceptors (Lipinski definition) is 2. The maximum absolute atomic E-state index is 12.2. The summed E-state index contributed by atoms with van der Waals surface area (Å²) >= 11 is 0. The van der Waals surface area contributed by atoms with E-state index < -0.39 is 17.3 Å². The molecule has 1 N–H and O–H groups in total. The predicted molar refractivity (Wildman–Crippen MR) is 59.7 cm³/mol. The van der Waals surface area contributed by atoms with Crippen molar-refractivity contribution in [1.29, 1.82) is 0 Å². The van der Waals surface area contributed by atoms with Gasteiger partial charge in [-0.3, -0.25) is 9.59 Å². The first-order valence-electron chi connectivity index (χ1n) is 5.76. The van der Waals surface area contributed by atoms with Crippen LogP contribution in [0.3, 0.4) is 0 Å². The molecular formula is C12H22O3Zr. The van der Waals surface area contributed by atoms with Gasteiger partial charge in [0.05, 0.1) is 0 Å². The van der Waals surface area contributed by atoms with E-state index in [2.05, 4.69) is 0 Å². The number of carbonyl (C=O) groups is 2. The first kappa shape index (κ1) is 18.4. The molecule has 0 rings (SSSR count). The molecule has 16 heavy (non-hydrogen) atoms. The fourth-order valence-electron chi connectivity index (χ4n) is 2.11. The fraction of sp³-hybridized carbons (Fsp3) is 0.833. The van der Waals surface area contributed by atoms with Crippen LogP contribution >= 0.6 is 0 Å². The molecule has 0 aliphatic rings. The number of aliphatic carboxylic acids is 1. The molecule has 0 aromatic heterocycles. The smallest absolute Gasteiger partial charge is 0.314 e. The van der Waals surface area contributed by atoms with E-state index in [9.17, 15) is 9.59 Å². The quantitative estimate of drug-likeness (QED) is 0.736. The molecule has 3 nitrogen and oxygen atoms in total. The minimum absolute atomic E-state index is 0. The second-order valence-electron chi connectivity index (χ2n) is 4.00. The third-order valence-corrected chi connectivity index (χ3v) is 3.58. The van der Waals surface area contributed by atoms with Gasteiger partial charge in [-0.25, -0.2) is 0 Å². The molecule has 92 valence electrons. The summed E-state index contributed by atoms with van der Waals surface area (Å²) in [5.41, 5.74) is -0.431. The molecule has 0 spiro atoms. The van der Waals surface area contributed by atoms with Gasteiger partial charge >= 0.3 is 5.97 Å². The minimum atomic E-state index is -0.984. The number of carboxylic acid groups (broad SMARTS) is 1. The first-order valence-corrected chi connectivity index (χ1v) is 5.76. The van der Waals surface area contributed by atoms with E-state index in [1.165, 1.54) is 0 Å². The van der Waals surface area contributed by atoms with Crippen molar-refractivity contribution in [3.63, 3.8) is 0 Å². The Morgan fingerprint density at radius 1 is 1.06 bits per heavy atom. The Morgan fingerprint density at radius 2 is 1.44 bits per heavy atom. The second-order valence-corrected chi connectivity index (χ2v) is 4.00. The monoisotopic (exact) mass is 304 g/mol. The topological polar surface area (TPSA) is 54.4 Å². The summed E-state index contributed by atoms with van der Waals surface area (Å²) in [7, 11) is 0. The molecule has 0 aromatic carbocycles. The molecule has 0 aliphatic heterocycles. The molecule has 0 saturated carbocycles. The van der Waals surface area contributed by atoms with Crippen LogP contribution in [0.25, 0.3) is 0 Å². The summed E-state index contributed by atoms with van der Waals surface area (Å²) in [4.78, 5) is 23.1. The normalized spacial score (nSPS) is 12.8. The van der Waals surface area contributed by atoms with Gasteiger partial charge in [0.1, 0.15) is 5.92 Å². The van der Waals surface area contributed by atoms with Gasteiger partial charge in [-0.1, -0.05) is 27.7 Å². The number of carbonyl (C=O) groups excluding carboxylic acids is 1. The summed E-state index contributed by atoms with van der Waals surface area (Å²) in [5.74, 6) is -1.91. The van der Waals surface area contributed by atoms with Crippen LogP contribution < -0.4 is 0 Å². The Hall–Kier alpha value is 0.0231. The summed E-state index contributed by atoms with van der Waals surface area (Å²) in [6, 6.07) is 0. The van der Waals surface area contributed by atoms with Crippen molar-refractivity contribution < 1.29 is 40.9 Å². The Labute approximate surface area is 117 Å². The SMILES string of the molecule is CCC(C(=O)O)C(=O)C(CC)(CC)CC.[Zr]. The van der Waals surface area contributed by atoms with E-state index in [1.807, 2.05) is 20.8 Å². The van der Waals surface area contributed by atoms with Crippen LogP contribution in [0.2, 0.25) is 0 Å². The summed E-state index contributed by atoms with van der Waals surface area (Å²) in [5, 5.41) is 8.97. The largest absolute Gasteiger partial charge is 0.481 e. The molecule has 0 heterocycles. The zero-order valence-electron chi connectivity index (χ0n) is 10.7. The van der Waals surface area contributed by atoms with Crippen molar-refractivity contribution in [3.8, 4) is 0 Å². The maximum Gasteiger partial charge on any atom is 0.314 e. The van der Waals surface area contributed by atoms with E-state index in [-0.39, 0.29) is 32.0 Å². The molecule has 0 bridgehead atoms. The van der Waals surface area contributed by atoms with Gasteiger partial charge in [0.25, 0.3) is 0 Å². The van der Waals surface area contributed by atoms with Crippen molar-refractivity contribution in [1.82, 2.24) is 0 Å². The number of ketones is 1. The molecule has 1 unspecified atom stereocenters. The summed E-state index contributed by atoms with van der Waals surface area (Å²) in [6.45, 7) is 7.63. The molecular weight excluding hydrogens is 283 g/mol. The molecule has 0 fully saturated rings. The number of carboxylic acids is 1. The first-order chi connectivity index (χ1) is 6.98. The van der Waals surface area contributed by atoms with Crippen LogP contribution in [0.15, 0.2) is 0 Å². The van der Waals surface area contributed by atoms with Crippen molar-refractivity contribution >= 4 is 11.8 Å². The third kappa shape index (κ3) is 3.80. The van der Waals surface area contributed by atoms with Crippen molar-refractivity contribution in [2.24, 2.45) is 11.3 Å². The van der Waals surface area contributed by atoms with Crippen LogP contribution in [-0.4, -0.2) is 16.9 Å². The summed E-state index contributed by atoms with van der Waals surface area (Å²) in [6.07, 6.45) is 2.56. The van der Waals surface area contributed by atoms with Gasteiger partial charge in [0, 0.05) is 31.6 Å². The Morgan fingerprint density at radius 3 is 1.62 bits per heavy atom. The number of Topliss-reactive ketones (excluding diaryl/α,β-unsaturated/α-hetero) is 1. The van der Waals surface area contributed by atoms with Gasteiger partial charge in [-0.15, -0.1) is 0 Å². The molecule has 0 aromatic rings. The average molecular weight is 306 g/mol. The van der Waals surface area contributed by atoms with Crippen LogP contribution in [0, 0.1) is 11.3 Å². The number of hydrogen-bond donors (Lipinski definition) is 1. The van der Waals surface area contributed by atoms with Gasteiger partial charge in [-0.05, 0) is 25.7 Å². The predicted octanol–water partition coefficient (Wildman–Crippen LogP) is 2.88. The van der Waals surface area contributed by atoms with E-state index in [4.69, 9.17) is 5.11 Å². The fourth-order valence-corrected chi connectivity index (χ4v) is 2.11. The second kappa shape index (κ2) is 8.16.